The minimum absolute atomic E-state index is 0.0199. The molecule has 0 unspecified atom stereocenters. The Labute approximate surface area is 78.4 Å². The highest BCUT2D eigenvalue weighted by Gasteiger charge is 2.13. The Morgan fingerprint density at radius 1 is 1.46 bits per heavy atom. The van der Waals surface area contributed by atoms with Crippen molar-refractivity contribution in [3.8, 4) is 5.75 Å². The monoisotopic (exact) mass is 181 g/mol. The second kappa shape index (κ2) is 3.75. The lowest BCUT2D eigenvalue weighted by atomic mass is 10.2. The highest BCUT2D eigenvalue weighted by Crippen LogP contribution is 2.21. The molecule has 3 heteroatoms. The fourth-order valence-corrected chi connectivity index (χ4v) is 0.961. The van der Waals surface area contributed by atoms with E-state index in [1.807, 2.05) is 20.8 Å². The van der Waals surface area contributed by atoms with E-state index in [9.17, 15) is 0 Å². The van der Waals surface area contributed by atoms with Gasteiger partial charge >= 0.3 is 0 Å². The Morgan fingerprint density at radius 2 is 2.15 bits per heavy atom. The van der Waals surface area contributed by atoms with Crippen molar-refractivity contribution in [2.75, 3.05) is 0 Å². The molecule has 13 heavy (non-hydrogen) atoms. The quantitative estimate of drug-likeness (QED) is 0.755. The Kier molecular flexibility index (Phi) is 2.88. The third kappa shape index (κ3) is 3.03. The van der Waals surface area contributed by atoms with Crippen LogP contribution in [0.1, 0.15) is 26.3 Å². The van der Waals surface area contributed by atoms with Crippen LogP contribution in [0.3, 0.4) is 0 Å². The normalized spacial score (nSPS) is 11.4. The average molecular weight is 181 g/mol. The van der Waals surface area contributed by atoms with E-state index in [4.69, 9.17) is 9.84 Å². The van der Waals surface area contributed by atoms with Gasteiger partial charge in [-0.1, -0.05) is 0 Å². The Morgan fingerprint density at radius 3 is 2.69 bits per heavy atom. The van der Waals surface area contributed by atoms with Crippen LogP contribution in [0.2, 0.25) is 0 Å². The van der Waals surface area contributed by atoms with Gasteiger partial charge in [0.1, 0.15) is 11.4 Å². The van der Waals surface area contributed by atoms with E-state index < -0.39 is 0 Å². The summed E-state index contributed by atoms with van der Waals surface area (Å²) >= 11 is 0. The lowest BCUT2D eigenvalue weighted by molar-refractivity contribution is 0.125. The van der Waals surface area contributed by atoms with Crippen LogP contribution in [0.15, 0.2) is 18.5 Å². The lowest BCUT2D eigenvalue weighted by Crippen LogP contribution is -2.23. The molecule has 1 aromatic rings. The molecule has 0 spiro atoms. The van der Waals surface area contributed by atoms with Crippen molar-refractivity contribution < 1.29 is 9.84 Å². The van der Waals surface area contributed by atoms with E-state index in [2.05, 4.69) is 4.98 Å². The van der Waals surface area contributed by atoms with E-state index in [0.717, 1.165) is 5.56 Å². The van der Waals surface area contributed by atoms with Crippen molar-refractivity contribution in [3.05, 3.63) is 24.0 Å². The predicted octanol–water partition coefficient (Wildman–Crippen LogP) is 1.75. The summed E-state index contributed by atoms with van der Waals surface area (Å²) in [6.07, 6.45) is 3.26. The Hall–Kier alpha value is -1.09. The molecule has 3 nitrogen and oxygen atoms in total. The van der Waals surface area contributed by atoms with Crippen LogP contribution in [0, 0.1) is 0 Å². The summed E-state index contributed by atoms with van der Waals surface area (Å²) in [7, 11) is 0. The first-order chi connectivity index (χ1) is 6.03. The van der Waals surface area contributed by atoms with Crippen LogP contribution < -0.4 is 4.74 Å². The lowest BCUT2D eigenvalue weighted by Gasteiger charge is -2.22. The number of aromatic nitrogens is 1. The molecule has 0 saturated carbocycles. The number of rotatable bonds is 2. The van der Waals surface area contributed by atoms with Crippen LogP contribution in [0.4, 0.5) is 0 Å². The molecule has 0 atom stereocenters. The van der Waals surface area contributed by atoms with Gasteiger partial charge in [-0.2, -0.15) is 0 Å². The number of hydrogen-bond donors (Lipinski definition) is 1. The van der Waals surface area contributed by atoms with Crippen LogP contribution in [0.25, 0.3) is 0 Å². The van der Waals surface area contributed by atoms with Gasteiger partial charge in [-0.15, -0.1) is 0 Å². The molecule has 0 aromatic carbocycles. The Balaban J connectivity index is 2.87. The smallest absolute Gasteiger partial charge is 0.143 e. The number of aliphatic hydroxyl groups excluding tert-OH is 1. The standard InChI is InChI=1S/C10H15NO2/c1-10(2,3)13-9-6-11-5-4-8(9)7-12/h4-6,12H,7H2,1-3H3. The third-order valence-corrected chi connectivity index (χ3v) is 1.46. The molecule has 1 heterocycles. The summed E-state index contributed by atoms with van der Waals surface area (Å²) in [5.41, 5.74) is 0.511. The summed E-state index contributed by atoms with van der Waals surface area (Å²) in [6.45, 7) is 5.86. The molecular formula is C10H15NO2. The highest BCUT2D eigenvalue weighted by molar-refractivity contribution is 5.29. The molecule has 0 aliphatic carbocycles. The van der Waals surface area contributed by atoms with Gasteiger partial charge < -0.3 is 9.84 Å². The van der Waals surface area contributed by atoms with Crippen LogP contribution in [-0.2, 0) is 6.61 Å². The van der Waals surface area contributed by atoms with Crippen molar-refractivity contribution in [3.63, 3.8) is 0 Å². The molecule has 0 bridgehead atoms. The zero-order chi connectivity index (χ0) is 9.90. The highest BCUT2D eigenvalue weighted by atomic mass is 16.5. The maximum atomic E-state index is 9.01. The molecular weight excluding hydrogens is 166 g/mol. The molecule has 1 rings (SSSR count). The molecule has 0 saturated heterocycles. The minimum Gasteiger partial charge on any atom is -0.486 e. The van der Waals surface area contributed by atoms with E-state index >= 15 is 0 Å². The number of nitrogens with zero attached hydrogens (tertiary/aromatic N) is 1. The molecule has 1 aromatic heterocycles. The van der Waals surface area contributed by atoms with Gasteiger partial charge in [-0.3, -0.25) is 4.98 Å². The van der Waals surface area contributed by atoms with E-state index in [1.165, 1.54) is 0 Å². The molecule has 0 amide bonds. The van der Waals surface area contributed by atoms with Gasteiger partial charge in [-0.05, 0) is 26.8 Å². The summed E-state index contributed by atoms with van der Waals surface area (Å²) in [6, 6.07) is 1.75. The minimum atomic E-state index is -0.257. The fourth-order valence-electron chi connectivity index (χ4n) is 0.961. The predicted molar refractivity (Wildman–Crippen MR) is 50.5 cm³/mol. The van der Waals surface area contributed by atoms with Crippen LogP contribution >= 0.6 is 0 Å². The molecule has 0 radical (unpaired) electrons. The zero-order valence-electron chi connectivity index (χ0n) is 8.24. The van der Waals surface area contributed by atoms with Gasteiger partial charge in [0.15, 0.2) is 0 Å². The first-order valence-electron chi connectivity index (χ1n) is 4.26. The molecule has 0 aliphatic heterocycles. The number of pyridine rings is 1. The Bertz CT molecular complexity index is 278. The molecule has 0 fully saturated rings. The molecule has 1 N–H and O–H groups in total. The first kappa shape index (κ1) is 9.99. The van der Waals surface area contributed by atoms with Gasteiger partial charge in [0.2, 0.25) is 0 Å². The maximum absolute atomic E-state index is 9.01. The SMILES string of the molecule is CC(C)(C)Oc1cnccc1CO. The van der Waals surface area contributed by atoms with Crippen molar-refractivity contribution >= 4 is 0 Å². The zero-order valence-corrected chi connectivity index (χ0v) is 8.24. The maximum Gasteiger partial charge on any atom is 0.143 e. The van der Waals surface area contributed by atoms with Gasteiger partial charge in [0.25, 0.3) is 0 Å². The van der Waals surface area contributed by atoms with E-state index in [1.54, 1.807) is 18.5 Å². The molecule has 72 valence electrons. The first-order valence-corrected chi connectivity index (χ1v) is 4.26. The second-order valence-corrected chi connectivity index (χ2v) is 3.86. The largest absolute Gasteiger partial charge is 0.486 e. The number of aliphatic hydroxyl groups is 1. The van der Waals surface area contributed by atoms with Crippen molar-refractivity contribution in [2.45, 2.75) is 33.0 Å². The second-order valence-electron chi connectivity index (χ2n) is 3.86. The van der Waals surface area contributed by atoms with Crippen molar-refractivity contribution in [2.24, 2.45) is 0 Å². The number of ether oxygens (including phenoxy) is 1. The summed E-state index contributed by atoms with van der Waals surface area (Å²) in [4.78, 5) is 3.94. The summed E-state index contributed by atoms with van der Waals surface area (Å²) < 4.78 is 5.60. The number of hydrogen-bond acceptors (Lipinski definition) is 3. The summed E-state index contributed by atoms with van der Waals surface area (Å²) in [5.74, 6) is 0.650. The third-order valence-electron chi connectivity index (χ3n) is 1.46. The average Bonchev–Trinajstić information content (AvgIpc) is 2.02. The van der Waals surface area contributed by atoms with E-state index in [0.29, 0.717) is 5.75 Å². The molecule has 0 aliphatic rings. The van der Waals surface area contributed by atoms with E-state index in [-0.39, 0.29) is 12.2 Å². The van der Waals surface area contributed by atoms with Crippen LogP contribution in [0.5, 0.6) is 5.75 Å². The van der Waals surface area contributed by atoms with Crippen LogP contribution in [-0.4, -0.2) is 15.7 Å². The topological polar surface area (TPSA) is 42.4 Å². The van der Waals surface area contributed by atoms with Gasteiger partial charge in [-0.25, -0.2) is 0 Å². The fraction of sp³-hybridized carbons (Fsp3) is 0.500. The van der Waals surface area contributed by atoms with Gasteiger partial charge in [0.05, 0.1) is 12.8 Å². The van der Waals surface area contributed by atoms with Crippen molar-refractivity contribution in [1.29, 1.82) is 0 Å². The summed E-state index contributed by atoms with van der Waals surface area (Å²) in [5, 5.41) is 9.01. The van der Waals surface area contributed by atoms with Crippen molar-refractivity contribution in [1.82, 2.24) is 4.98 Å². The van der Waals surface area contributed by atoms with Gasteiger partial charge in [0, 0.05) is 11.8 Å².